The molecule has 0 bridgehead atoms. The molecule has 11 nitrogen and oxygen atoms in total. The largest absolute Gasteiger partial charge is 0.397 e. The van der Waals surface area contributed by atoms with Crippen molar-refractivity contribution in [2.45, 2.75) is 91.0 Å². The van der Waals surface area contributed by atoms with E-state index in [4.69, 9.17) is 8.37 Å². The van der Waals surface area contributed by atoms with Gasteiger partial charge in [-0.25, -0.2) is 8.37 Å². The van der Waals surface area contributed by atoms with E-state index in [2.05, 4.69) is 13.8 Å². The van der Waals surface area contributed by atoms with Gasteiger partial charge in [0.05, 0.1) is 18.8 Å². The smallest absolute Gasteiger partial charge is 0.396 e. The first-order chi connectivity index (χ1) is 18.9. The summed E-state index contributed by atoms with van der Waals surface area (Å²) in [6.45, 7) is 8.15. The molecule has 4 aliphatic rings. The number of fused-ring (bicyclic) bond motifs is 5. The Morgan fingerprint density at radius 1 is 0.878 bits per heavy atom. The summed E-state index contributed by atoms with van der Waals surface area (Å²) in [6, 6.07) is 0. The molecule has 238 valence electrons. The van der Waals surface area contributed by atoms with Gasteiger partial charge in [0.2, 0.25) is 0 Å². The molecule has 4 aliphatic carbocycles. The molecular weight excluding hydrogens is 576 g/mol. The van der Waals surface area contributed by atoms with Crippen molar-refractivity contribution in [2.24, 2.45) is 58.2 Å². The summed E-state index contributed by atoms with van der Waals surface area (Å²) in [5.41, 5.74) is -0.573. The third-order valence-corrected chi connectivity index (χ3v) is 12.5. The van der Waals surface area contributed by atoms with Crippen LogP contribution < -0.4 is 0 Å². The van der Waals surface area contributed by atoms with E-state index in [9.17, 15) is 41.3 Å². The molecule has 13 heteroatoms. The predicted molar refractivity (Wildman–Crippen MR) is 150 cm³/mol. The van der Waals surface area contributed by atoms with Crippen molar-refractivity contribution in [3.63, 3.8) is 0 Å². The standard InChI is InChI=1S/C28H48O11S2/c1-16(2)17(14-29)5-6-18(15-38-40(32,33)34)20-9-10-21-19-7-8-23-25(31)26(39-41(35,36)37)24(30)13-28(23,4)22(19)11-12-27(20,21)3/h5-6,16-26,29-31H,7-15H2,1-4H3,(H,32,33,34)(H,35,36,37)/b6-5+/t17-,18-,19-,20+,21-,22-,23+,24-,25-,26+,27+,28+/m0/s1. The Morgan fingerprint density at radius 3 is 2.10 bits per heavy atom. The molecule has 0 aromatic rings. The van der Waals surface area contributed by atoms with Gasteiger partial charge in [-0.2, -0.15) is 16.8 Å². The second kappa shape index (κ2) is 12.0. The fourth-order valence-corrected chi connectivity index (χ4v) is 10.5. The van der Waals surface area contributed by atoms with E-state index in [1.54, 1.807) is 0 Å². The minimum Gasteiger partial charge on any atom is -0.396 e. The summed E-state index contributed by atoms with van der Waals surface area (Å²) in [5, 5.41) is 31.8. The maximum absolute atomic E-state index is 11.5. The molecule has 4 rings (SSSR count). The Morgan fingerprint density at radius 2 is 1.51 bits per heavy atom. The number of aliphatic hydroxyl groups is 3. The molecule has 0 spiro atoms. The highest BCUT2D eigenvalue weighted by Crippen LogP contribution is 2.68. The van der Waals surface area contributed by atoms with E-state index in [1.165, 1.54) is 0 Å². The fourth-order valence-electron chi connectivity index (χ4n) is 9.63. The number of hydrogen-bond acceptors (Lipinski definition) is 9. The highest BCUT2D eigenvalue weighted by Gasteiger charge is 2.63. The van der Waals surface area contributed by atoms with Crippen LogP contribution in [0.25, 0.3) is 0 Å². The second-order valence-electron chi connectivity index (χ2n) is 13.9. The normalized spacial score (nSPS) is 43.0. The van der Waals surface area contributed by atoms with Gasteiger partial charge in [-0.05, 0) is 91.3 Å². The zero-order valence-corrected chi connectivity index (χ0v) is 26.0. The summed E-state index contributed by atoms with van der Waals surface area (Å²) in [5.74, 6) is 0.469. The molecule has 12 atom stereocenters. The van der Waals surface area contributed by atoms with Crippen molar-refractivity contribution < 1.29 is 49.6 Å². The number of rotatable bonds is 10. The van der Waals surface area contributed by atoms with Gasteiger partial charge in [0, 0.05) is 18.4 Å². The van der Waals surface area contributed by atoms with Crippen LogP contribution in [0.1, 0.15) is 72.6 Å². The van der Waals surface area contributed by atoms with E-state index in [1.807, 2.05) is 26.0 Å². The Labute approximate surface area is 244 Å². The van der Waals surface area contributed by atoms with E-state index in [0.717, 1.165) is 32.1 Å². The van der Waals surface area contributed by atoms with Crippen LogP contribution in [0.2, 0.25) is 0 Å². The molecule has 0 amide bonds. The first-order valence-corrected chi connectivity index (χ1v) is 17.6. The molecule has 5 N–H and O–H groups in total. The Hall–Kier alpha value is -0.640. The van der Waals surface area contributed by atoms with Gasteiger partial charge in [-0.15, -0.1) is 0 Å². The molecule has 0 saturated heterocycles. The first kappa shape index (κ1) is 33.3. The van der Waals surface area contributed by atoms with E-state index in [-0.39, 0.29) is 60.6 Å². The SMILES string of the molecule is CC(C)[C@@H](/C=C/[C@@H](COS(=O)(=O)O)[C@H]1CC[C@H]2[C@@H]3CC[C@@H]4[C@H](O)[C@H](OS(=O)(=O)O)[C@@H](O)C[C@]4(C)[C@H]3CC[C@]12C)CO. The van der Waals surface area contributed by atoms with Gasteiger partial charge < -0.3 is 15.3 Å². The quantitative estimate of drug-likeness (QED) is 0.178. The zero-order valence-electron chi connectivity index (χ0n) is 24.4. The number of aliphatic hydroxyl groups excluding tert-OH is 3. The van der Waals surface area contributed by atoms with Crippen molar-refractivity contribution in [1.29, 1.82) is 0 Å². The van der Waals surface area contributed by atoms with Crippen molar-refractivity contribution in [3.05, 3.63) is 12.2 Å². The van der Waals surface area contributed by atoms with Crippen LogP contribution >= 0.6 is 0 Å². The minimum absolute atomic E-state index is 0.0259. The molecule has 0 radical (unpaired) electrons. The molecular formula is C28H48O11S2. The summed E-state index contributed by atoms with van der Waals surface area (Å²) >= 11 is 0. The topological polar surface area (TPSA) is 188 Å². The highest BCUT2D eigenvalue weighted by molar-refractivity contribution is 7.81. The average Bonchev–Trinajstić information content (AvgIpc) is 3.19. The summed E-state index contributed by atoms with van der Waals surface area (Å²) in [6.07, 6.45) is 5.21. The van der Waals surface area contributed by atoms with Gasteiger partial charge in [0.25, 0.3) is 0 Å². The third-order valence-electron chi connectivity index (χ3n) is 11.6. The van der Waals surface area contributed by atoms with E-state index >= 15 is 0 Å². The molecule has 4 fully saturated rings. The molecule has 0 unspecified atom stereocenters. The van der Waals surface area contributed by atoms with Gasteiger partial charge in [0.15, 0.2) is 0 Å². The monoisotopic (exact) mass is 624 g/mol. The van der Waals surface area contributed by atoms with E-state index < -0.39 is 44.5 Å². The number of hydrogen-bond donors (Lipinski definition) is 5. The Bertz CT molecular complexity index is 1170. The predicted octanol–water partition coefficient (Wildman–Crippen LogP) is 3.03. The van der Waals surface area contributed by atoms with Gasteiger partial charge in [0.1, 0.15) is 6.10 Å². The van der Waals surface area contributed by atoms with E-state index in [0.29, 0.717) is 18.3 Å². The van der Waals surface area contributed by atoms with Crippen LogP contribution in [0.4, 0.5) is 0 Å². The van der Waals surface area contributed by atoms with Crippen LogP contribution in [0.15, 0.2) is 12.2 Å². The summed E-state index contributed by atoms with van der Waals surface area (Å²) in [4.78, 5) is 0. The van der Waals surface area contributed by atoms with Crippen LogP contribution in [0.5, 0.6) is 0 Å². The van der Waals surface area contributed by atoms with Crippen LogP contribution in [0, 0.1) is 58.2 Å². The second-order valence-corrected chi connectivity index (χ2v) is 16.0. The van der Waals surface area contributed by atoms with Crippen LogP contribution in [-0.2, 0) is 29.2 Å². The lowest BCUT2D eigenvalue weighted by atomic mass is 9.43. The summed E-state index contributed by atoms with van der Waals surface area (Å²) in [7, 11) is -9.46. The van der Waals surface area contributed by atoms with Crippen LogP contribution in [0.3, 0.4) is 0 Å². The Balaban J connectivity index is 1.58. The fraction of sp³-hybridized carbons (Fsp3) is 0.929. The molecule has 0 aliphatic heterocycles. The zero-order chi connectivity index (χ0) is 30.5. The van der Waals surface area contributed by atoms with Crippen molar-refractivity contribution in [2.75, 3.05) is 13.2 Å². The van der Waals surface area contributed by atoms with Gasteiger partial charge in [-0.3, -0.25) is 9.11 Å². The maximum atomic E-state index is 11.5. The molecule has 4 saturated carbocycles. The average molecular weight is 625 g/mol. The third kappa shape index (κ3) is 6.73. The van der Waals surface area contributed by atoms with Gasteiger partial charge >= 0.3 is 20.8 Å². The van der Waals surface area contributed by atoms with Gasteiger partial charge in [-0.1, -0.05) is 39.8 Å². The Kier molecular flexibility index (Phi) is 9.77. The molecule has 0 aromatic carbocycles. The van der Waals surface area contributed by atoms with Crippen molar-refractivity contribution in [3.8, 4) is 0 Å². The maximum Gasteiger partial charge on any atom is 0.397 e. The van der Waals surface area contributed by atoms with Crippen LogP contribution in [-0.4, -0.2) is 72.8 Å². The van der Waals surface area contributed by atoms with Crippen molar-refractivity contribution >= 4 is 20.8 Å². The molecule has 41 heavy (non-hydrogen) atoms. The first-order valence-electron chi connectivity index (χ1n) is 14.8. The lowest BCUT2D eigenvalue weighted by Gasteiger charge is -2.62. The molecule has 0 aromatic heterocycles. The minimum atomic E-state index is -4.84. The lowest BCUT2D eigenvalue weighted by Crippen LogP contribution is -2.62. The highest BCUT2D eigenvalue weighted by atomic mass is 32.3. The summed E-state index contributed by atoms with van der Waals surface area (Å²) < 4.78 is 73.9. The lowest BCUT2D eigenvalue weighted by molar-refractivity contribution is -0.202. The molecule has 0 heterocycles. The van der Waals surface area contributed by atoms with Crippen molar-refractivity contribution in [1.82, 2.24) is 0 Å².